The van der Waals surface area contributed by atoms with Crippen molar-refractivity contribution in [2.24, 2.45) is 10.4 Å². The molecule has 2 N–H and O–H groups in total. The first-order valence-electron chi connectivity index (χ1n) is 10.5. The van der Waals surface area contributed by atoms with Gasteiger partial charge in [0.25, 0.3) is 5.89 Å². The Labute approximate surface area is 188 Å². The van der Waals surface area contributed by atoms with E-state index in [2.05, 4.69) is 45.7 Å². The van der Waals surface area contributed by atoms with Crippen LogP contribution in [0.25, 0.3) is 11.6 Å². The number of hydrogen-bond acceptors (Lipinski definition) is 5. The van der Waals surface area contributed by atoms with E-state index < -0.39 is 0 Å². The molecule has 0 saturated heterocycles. The minimum atomic E-state index is -0.00170. The van der Waals surface area contributed by atoms with Gasteiger partial charge in [-0.05, 0) is 48.6 Å². The second-order valence-electron chi connectivity index (χ2n) is 8.07. The molecule has 3 rings (SSSR count). The number of benzene rings is 1. The third-order valence-electron chi connectivity index (χ3n) is 4.57. The molecule has 31 heavy (non-hydrogen) atoms. The number of hydrogen-bond donors (Lipinski definition) is 2. The van der Waals surface area contributed by atoms with E-state index in [1.165, 1.54) is 5.56 Å². The maximum absolute atomic E-state index is 6.12. The van der Waals surface area contributed by atoms with Gasteiger partial charge >= 0.3 is 0 Å². The second kappa shape index (κ2) is 10.9. The van der Waals surface area contributed by atoms with E-state index in [1.54, 1.807) is 6.20 Å². The summed E-state index contributed by atoms with van der Waals surface area (Å²) in [7, 11) is 0. The van der Waals surface area contributed by atoms with Gasteiger partial charge in [-0.15, -0.1) is 0 Å². The molecule has 0 saturated carbocycles. The smallest absolute Gasteiger partial charge is 0.276 e. The van der Waals surface area contributed by atoms with Gasteiger partial charge in [-0.2, -0.15) is 4.98 Å². The number of pyridine rings is 1. The molecular formula is C23H29ClN6O. The lowest BCUT2D eigenvalue weighted by molar-refractivity contribution is 0.377. The molecule has 3 aromatic rings. The lowest BCUT2D eigenvalue weighted by Crippen LogP contribution is -2.39. The van der Waals surface area contributed by atoms with Crippen molar-refractivity contribution < 1.29 is 4.52 Å². The van der Waals surface area contributed by atoms with Crippen LogP contribution in [0.1, 0.15) is 32.2 Å². The van der Waals surface area contributed by atoms with Crippen molar-refractivity contribution in [1.82, 2.24) is 25.8 Å². The lowest BCUT2D eigenvalue weighted by atomic mass is 9.86. The molecule has 164 valence electrons. The second-order valence-corrected chi connectivity index (χ2v) is 8.51. The Kier molecular flexibility index (Phi) is 8.00. The normalized spacial score (nSPS) is 12.1. The molecule has 0 aliphatic heterocycles. The van der Waals surface area contributed by atoms with E-state index in [0.717, 1.165) is 23.9 Å². The Morgan fingerprint density at radius 2 is 2.03 bits per heavy atom. The zero-order valence-electron chi connectivity index (χ0n) is 18.2. The fraction of sp³-hybridized carbons (Fsp3) is 0.391. The molecule has 0 radical (unpaired) electrons. The summed E-state index contributed by atoms with van der Waals surface area (Å²) in [6.07, 6.45) is 3.22. The minimum Gasteiger partial charge on any atom is -0.357 e. The number of rotatable bonds is 9. The van der Waals surface area contributed by atoms with Crippen LogP contribution in [0.2, 0.25) is 5.02 Å². The fourth-order valence-electron chi connectivity index (χ4n) is 3.13. The molecule has 0 atom stereocenters. The molecule has 8 heteroatoms. The monoisotopic (exact) mass is 440 g/mol. The van der Waals surface area contributed by atoms with Crippen molar-refractivity contribution in [3.8, 4) is 11.6 Å². The summed E-state index contributed by atoms with van der Waals surface area (Å²) in [4.78, 5) is 13.4. The van der Waals surface area contributed by atoms with Gasteiger partial charge < -0.3 is 15.2 Å². The van der Waals surface area contributed by atoms with Crippen LogP contribution in [-0.4, -0.2) is 40.7 Å². The third-order valence-corrected chi connectivity index (χ3v) is 4.81. The Morgan fingerprint density at radius 1 is 1.16 bits per heavy atom. The highest BCUT2D eigenvalue weighted by molar-refractivity contribution is 6.30. The summed E-state index contributed by atoms with van der Waals surface area (Å²) in [6.45, 7) is 8.57. The van der Waals surface area contributed by atoms with E-state index in [-0.39, 0.29) is 5.41 Å². The number of nitrogens with one attached hydrogen (secondary N) is 2. The molecule has 0 aliphatic rings. The van der Waals surface area contributed by atoms with E-state index in [4.69, 9.17) is 21.1 Å². The quantitative estimate of drug-likeness (QED) is 0.384. The molecule has 0 fully saturated rings. The maximum atomic E-state index is 6.12. The van der Waals surface area contributed by atoms with Gasteiger partial charge in [-0.3, -0.25) is 9.98 Å². The Morgan fingerprint density at radius 3 is 2.77 bits per heavy atom. The van der Waals surface area contributed by atoms with Crippen LogP contribution in [0.15, 0.2) is 58.2 Å². The molecule has 0 spiro atoms. The van der Waals surface area contributed by atoms with Crippen molar-refractivity contribution in [2.75, 3.05) is 19.6 Å². The largest absolute Gasteiger partial charge is 0.357 e. The van der Waals surface area contributed by atoms with E-state index >= 15 is 0 Å². The van der Waals surface area contributed by atoms with E-state index in [1.807, 2.05) is 43.3 Å². The van der Waals surface area contributed by atoms with Gasteiger partial charge in [0.1, 0.15) is 5.69 Å². The predicted molar refractivity (Wildman–Crippen MR) is 124 cm³/mol. The first kappa shape index (κ1) is 22.7. The highest BCUT2D eigenvalue weighted by Gasteiger charge is 2.19. The average Bonchev–Trinajstić information content (AvgIpc) is 3.21. The standard InChI is InChI=1S/C23H29ClN6O/c1-4-25-22(28-16-23(2,3)15-17-8-7-9-18(24)14-17)27-13-11-20-29-21(31-30-20)19-10-5-6-12-26-19/h5-10,12,14H,4,11,13,15-16H2,1-3H3,(H2,25,27,28). The molecule has 0 unspecified atom stereocenters. The van der Waals surface area contributed by atoms with Crippen LogP contribution >= 0.6 is 11.6 Å². The van der Waals surface area contributed by atoms with E-state index in [9.17, 15) is 0 Å². The molecule has 0 bridgehead atoms. The van der Waals surface area contributed by atoms with Crippen LogP contribution in [0.5, 0.6) is 0 Å². The molecule has 0 amide bonds. The van der Waals surface area contributed by atoms with E-state index in [0.29, 0.717) is 36.9 Å². The summed E-state index contributed by atoms with van der Waals surface area (Å²) in [5.41, 5.74) is 1.88. The molecule has 2 aromatic heterocycles. The molecule has 7 nitrogen and oxygen atoms in total. The predicted octanol–water partition coefficient (Wildman–Crippen LogP) is 4.15. The van der Waals surface area contributed by atoms with Gasteiger partial charge in [0.2, 0.25) is 0 Å². The minimum absolute atomic E-state index is 0.00170. The highest BCUT2D eigenvalue weighted by Crippen LogP contribution is 2.24. The van der Waals surface area contributed by atoms with Gasteiger partial charge in [-0.25, -0.2) is 0 Å². The van der Waals surface area contributed by atoms with Crippen molar-refractivity contribution in [3.05, 3.63) is 65.1 Å². The van der Waals surface area contributed by atoms with Crippen LogP contribution in [0, 0.1) is 5.41 Å². The zero-order chi connectivity index (χ0) is 22.1. The van der Waals surface area contributed by atoms with Gasteiger partial charge in [0.05, 0.1) is 0 Å². The van der Waals surface area contributed by atoms with Crippen LogP contribution in [0.3, 0.4) is 0 Å². The lowest BCUT2D eigenvalue weighted by Gasteiger charge is -2.23. The SMILES string of the molecule is CCNC(=NCC(C)(C)Cc1cccc(Cl)c1)NCCc1noc(-c2ccccn2)n1. The molecular weight excluding hydrogens is 412 g/mol. The Balaban J connectivity index is 1.53. The summed E-state index contributed by atoms with van der Waals surface area (Å²) in [5.74, 6) is 1.83. The van der Waals surface area contributed by atoms with Crippen molar-refractivity contribution in [3.63, 3.8) is 0 Å². The number of nitrogens with zero attached hydrogens (tertiary/aromatic N) is 4. The molecule has 1 aromatic carbocycles. The number of aromatic nitrogens is 3. The number of aliphatic imine (C=N–C) groups is 1. The highest BCUT2D eigenvalue weighted by atomic mass is 35.5. The maximum Gasteiger partial charge on any atom is 0.276 e. The first-order valence-corrected chi connectivity index (χ1v) is 10.8. The number of halogens is 1. The summed E-state index contributed by atoms with van der Waals surface area (Å²) < 4.78 is 5.31. The topological polar surface area (TPSA) is 88.2 Å². The van der Waals surface area contributed by atoms with Crippen LogP contribution in [0.4, 0.5) is 0 Å². The Bertz CT molecular complexity index is 986. The summed E-state index contributed by atoms with van der Waals surface area (Å²) in [5, 5.41) is 11.4. The average molecular weight is 441 g/mol. The van der Waals surface area contributed by atoms with Crippen LogP contribution in [-0.2, 0) is 12.8 Å². The third kappa shape index (κ3) is 7.36. The van der Waals surface area contributed by atoms with Crippen molar-refractivity contribution in [1.29, 1.82) is 0 Å². The zero-order valence-corrected chi connectivity index (χ0v) is 19.0. The van der Waals surface area contributed by atoms with Crippen molar-refractivity contribution in [2.45, 2.75) is 33.6 Å². The number of guanidine groups is 1. The van der Waals surface area contributed by atoms with Gasteiger partial charge in [-0.1, -0.05) is 48.8 Å². The van der Waals surface area contributed by atoms with Gasteiger partial charge in [0.15, 0.2) is 11.8 Å². The first-order chi connectivity index (χ1) is 14.9. The van der Waals surface area contributed by atoms with Crippen LogP contribution < -0.4 is 10.6 Å². The molecule has 0 aliphatic carbocycles. The van der Waals surface area contributed by atoms with Crippen molar-refractivity contribution >= 4 is 17.6 Å². The molecule has 2 heterocycles. The summed E-state index contributed by atoms with van der Waals surface area (Å²) in [6, 6.07) is 13.6. The fourth-order valence-corrected chi connectivity index (χ4v) is 3.34. The Hall–Kier alpha value is -2.93. The van der Waals surface area contributed by atoms with Gasteiger partial charge in [0, 0.05) is 37.3 Å². The summed E-state index contributed by atoms with van der Waals surface area (Å²) >= 11 is 6.12.